The van der Waals surface area contributed by atoms with E-state index in [1.807, 2.05) is 14.1 Å². The Labute approximate surface area is 155 Å². The van der Waals surface area contributed by atoms with Gasteiger partial charge in [-0.1, -0.05) is 0 Å². The van der Waals surface area contributed by atoms with Crippen molar-refractivity contribution in [2.24, 2.45) is 5.92 Å². The van der Waals surface area contributed by atoms with Gasteiger partial charge in [-0.15, -0.1) is 0 Å². The van der Waals surface area contributed by atoms with Crippen LogP contribution in [-0.4, -0.2) is 72.4 Å². The molecular formula is C20H29N5O. The minimum Gasteiger partial charge on any atom is -0.361 e. The molecule has 1 atom stereocenters. The molecule has 6 heteroatoms. The first-order valence-corrected chi connectivity index (χ1v) is 9.65. The molecule has 0 N–H and O–H groups in total. The molecule has 0 spiro atoms. The second kappa shape index (κ2) is 6.91. The monoisotopic (exact) mass is 355 g/mol. The number of amides is 1. The standard InChI is InChI=1S/C20H29N5O/c1-22(2)19-18-5-4-9-24(18)14-17(21-19)16-8-12-25(13-16)20(26)15-6-10-23(3)11-7-15/h4-5,9,14-16H,6-8,10-13H2,1-3H3/t16-/m1/s1. The summed E-state index contributed by atoms with van der Waals surface area (Å²) in [4.78, 5) is 24.3. The Morgan fingerprint density at radius 2 is 1.96 bits per heavy atom. The normalized spacial score (nSPS) is 22.3. The molecule has 2 aliphatic rings. The SMILES string of the molecule is CN1CCC(C(=O)N2CC[C@@H](c3cn4cccc4c(N(C)C)n3)C2)CC1. The average Bonchev–Trinajstić information content (AvgIpc) is 3.30. The number of likely N-dealkylation sites (tertiary alicyclic amines) is 2. The van der Waals surface area contributed by atoms with E-state index in [-0.39, 0.29) is 5.92 Å². The summed E-state index contributed by atoms with van der Waals surface area (Å²) in [6.45, 7) is 3.73. The van der Waals surface area contributed by atoms with E-state index in [0.29, 0.717) is 11.8 Å². The van der Waals surface area contributed by atoms with Gasteiger partial charge in [0.1, 0.15) is 0 Å². The summed E-state index contributed by atoms with van der Waals surface area (Å²) in [5.74, 6) is 1.89. The van der Waals surface area contributed by atoms with E-state index in [4.69, 9.17) is 4.98 Å². The lowest BCUT2D eigenvalue weighted by Crippen LogP contribution is -2.40. The summed E-state index contributed by atoms with van der Waals surface area (Å²) in [5, 5.41) is 0. The van der Waals surface area contributed by atoms with Crippen LogP contribution in [0.1, 0.15) is 30.9 Å². The van der Waals surface area contributed by atoms with Gasteiger partial charge in [0.25, 0.3) is 0 Å². The van der Waals surface area contributed by atoms with Crippen molar-refractivity contribution < 1.29 is 4.79 Å². The van der Waals surface area contributed by atoms with Crippen LogP contribution in [0.2, 0.25) is 0 Å². The van der Waals surface area contributed by atoms with E-state index in [1.54, 1.807) is 0 Å². The first kappa shape index (κ1) is 17.3. The zero-order chi connectivity index (χ0) is 18.3. The van der Waals surface area contributed by atoms with Crippen molar-refractivity contribution >= 4 is 17.2 Å². The van der Waals surface area contributed by atoms with Crippen LogP contribution in [0.5, 0.6) is 0 Å². The number of hydrogen-bond donors (Lipinski definition) is 0. The highest BCUT2D eigenvalue weighted by molar-refractivity contribution is 5.79. The molecule has 0 saturated carbocycles. The number of anilines is 1. The first-order chi connectivity index (χ1) is 12.5. The number of nitrogens with zero attached hydrogens (tertiary/aromatic N) is 5. The van der Waals surface area contributed by atoms with Crippen LogP contribution in [0.3, 0.4) is 0 Å². The van der Waals surface area contributed by atoms with Gasteiger partial charge < -0.3 is 19.1 Å². The summed E-state index contributed by atoms with van der Waals surface area (Å²) in [6, 6.07) is 4.15. The van der Waals surface area contributed by atoms with Crippen LogP contribution in [-0.2, 0) is 4.79 Å². The molecule has 2 saturated heterocycles. The van der Waals surface area contributed by atoms with Crippen LogP contribution >= 0.6 is 0 Å². The van der Waals surface area contributed by atoms with Gasteiger partial charge in [0.2, 0.25) is 5.91 Å². The van der Waals surface area contributed by atoms with E-state index in [2.05, 4.69) is 50.7 Å². The number of hydrogen-bond acceptors (Lipinski definition) is 4. The lowest BCUT2D eigenvalue weighted by Gasteiger charge is -2.30. The van der Waals surface area contributed by atoms with Gasteiger partial charge in [-0.2, -0.15) is 0 Å². The molecular weight excluding hydrogens is 326 g/mol. The maximum Gasteiger partial charge on any atom is 0.225 e. The summed E-state index contributed by atoms with van der Waals surface area (Å²) in [5.41, 5.74) is 2.21. The molecule has 1 amide bonds. The fourth-order valence-corrected chi connectivity index (χ4v) is 4.29. The van der Waals surface area contributed by atoms with Crippen molar-refractivity contribution in [1.29, 1.82) is 0 Å². The molecule has 2 aromatic rings. The van der Waals surface area contributed by atoms with Crippen molar-refractivity contribution in [1.82, 2.24) is 19.2 Å². The van der Waals surface area contributed by atoms with Crippen molar-refractivity contribution in [3.8, 4) is 0 Å². The highest BCUT2D eigenvalue weighted by Gasteiger charge is 2.33. The van der Waals surface area contributed by atoms with E-state index in [9.17, 15) is 4.79 Å². The topological polar surface area (TPSA) is 44.1 Å². The van der Waals surface area contributed by atoms with Gasteiger partial charge >= 0.3 is 0 Å². The Balaban J connectivity index is 1.50. The molecule has 140 valence electrons. The van der Waals surface area contributed by atoms with Gasteiger partial charge in [0.15, 0.2) is 5.82 Å². The summed E-state index contributed by atoms with van der Waals surface area (Å²) < 4.78 is 2.15. The third-order valence-corrected chi connectivity index (χ3v) is 5.92. The fraction of sp³-hybridized carbons (Fsp3) is 0.600. The quantitative estimate of drug-likeness (QED) is 0.845. The number of piperidine rings is 1. The zero-order valence-corrected chi connectivity index (χ0v) is 16.1. The van der Waals surface area contributed by atoms with Gasteiger partial charge in [0.05, 0.1) is 11.2 Å². The molecule has 0 bridgehead atoms. The number of aromatic nitrogens is 2. The Hall–Kier alpha value is -2.08. The van der Waals surface area contributed by atoms with E-state index in [0.717, 1.165) is 62.5 Å². The van der Waals surface area contributed by atoms with Crippen LogP contribution < -0.4 is 4.90 Å². The predicted octanol–water partition coefficient (Wildman–Crippen LogP) is 2.06. The van der Waals surface area contributed by atoms with Crippen molar-refractivity contribution in [2.45, 2.75) is 25.2 Å². The average molecular weight is 355 g/mol. The maximum absolute atomic E-state index is 12.9. The Morgan fingerprint density at radius 1 is 1.19 bits per heavy atom. The smallest absolute Gasteiger partial charge is 0.225 e. The van der Waals surface area contributed by atoms with Crippen LogP contribution in [0.25, 0.3) is 5.52 Å². The van der Waals surface area contributed by atoms with Gasteiger partial charge in [0, 0.05) is 51.4 Å². The van der Waals surface area contributed by atoms with Crippen LogP contribution in [0, 0.1) is 5.92 Å². The first-order valence-electron chi connectivity index (χ1n) is 9.65. The molecule has 0 aromatic carbocycles. The van der Waals surface area contributed by atoms with E-state index in [1.165, 1.54) is 0 Å². The van der Waals surface area contributed by atoms with Crippen LogP contribution in [0.4, 0.5) is 5.82 Å². The Kier molecular flexibility index (Phi) is 4.61. The van der Waals surface area contributed by atoms with Gasteiger partial charge in [-0.3, -0.25) is 4.79 Å². The third-order valence-electron chi connectivity index (χ3n) is 5.92. The van der Waals surface area contributed by atoms with Crippen LogP contribution in [0.15, 0.2) is 24.5 Å². The fourth-order valence-electron chi connectivity index (χ4n) is 4.29. The summed E-state index contributed by atoms with van der Waals surface area (Å²) in [6.07, 6.45) is 7.20. The molecule has 2 aliphatic heterocycles. The minimum atomic E-state index is 0.210. The van der Waals surface area contributed by atoms with E-state index >= 15 is 0 Å². The van der Waals surface area contributed by atoms with Crippen molar-refractivity contribution in [3.05, 3.63) is 30.2 Å². The number of fused-ring (bicyclic) bond motifs is 1. The number of carbonyl (C=O) groups excluding carboxylic acids is 1. The largest absolute Gasteiger partial charge is 0.361 e. The number of rotatable bonds is 3. The minimum absolute atomic E-state index is 0.210. The number of carbonyl (C=O) groups is 1. The van der Waals surface area contributed by atoms with E-state index < -0.39 is 0 Å². The zero-order valence-electron chi connectivity index (χ0n) is 16.1. The predicted molar refractivity (Wildman–Crippen MR) is 104 cm³/mol. The second-order valence-electron chi connectivity index (χ2n) is 8.03. The molecule has 0 radical (unpaired) electrons. The second-order valence-corrected chi connectivity index (χ2v) is 8.03. The lowest BCUT2D eigenvalue weighted by molar-refractivity contribution is -0.135. The molecule has 4 heterocycles. The van der Waals surface area contributed by atoms with Gasteiger partial charge in [-0.05, 0) is 51.5 Å². The van der Waals surface area contributed by atoms with Crippen molar-refractivity contribution in [3.63, 3.8) is 0 Å². The maximum atomic E-state index is 12.9. The molecule has 0 aliphatic carbocycles. The highest BCUT2D eigenvalue weighted by atomic mass is 16.2. The van der Waals surface area contributed by atoms with Gasteiger partial charge in [-0.25, -0.2) is 4.98 Å². The molecule has 6 nitrogen and oxygen atoms in total. The molecule has 2 fully saturated rings. The Morgan fingerprint density at radius 3 is 2.69 bits per heavy atom. The lowest BCUT2D eigenvalue weighted by atomic mass is 9.95. The Bertz CT molecular complexity index is 791. The molecule has 4 rings (SSSR count). The molecule has 2 aromatic heterocycles. The molecule has 26 heavy (non-hydrogen) atoms. The highest BCUT2D eigenvalue weighted by Crippen LogP contribution is 2.31. The summed E-state index contributed by atoms with van der Waals surface area (Å²) >= 11 is 0. The summed E-state index contributed by atoms with van der Waals surface area (Å²) in [7, 11) is 6.20. The molecule has 0 unspecified atom stereocenters. The third kappa shape index (κ3) is 3.18. The van der Waals surface area contributed by atoms with Crippen molar-refractivity contribution in [2.75, 3.05) is 52.2 Å².